The zero-order chi connectivity index (χ0) is 24.2. The van der Waals surface area contributed by atoms with Crippen LogP contribution in [0.1, 0.15) is 42.0 Å². The van der Waals surface area contributed by atoms with E-state index in [0.717, 1.165) is 40.8 Å². The lowest BCUT2D eigenvalue weighted by atomic mass is 9.94. The van der Waals surface area contributed by atoms with Crippen LogP contribution in [-0.2, 0) is 6.42 Å². The lowest BCUT2D eigenvalue weighted by Gasteiger charge is -2.35. The van der Waals surface area contributed by atoms with Crippen LogP contribution in [0.5, 0.6) is 0 Å². The smallest absolute Gasteiger partial charge is 0.322 e. The van der Waals surface area contributed by atoms with Gasteiger partial charge >= 0.3 is 6.03 Å². The largest absolute Gasteiger partial charge is 0.334 e. The molecule has 0 saturated carbocycles. The summed E-state index contributed by atoms with van der Waals surface area (Å²) in [5.74, 6) is 0.948. The lowest BCUT2D eigenvalue weighted by molar-refractivity contribution is 0.204. The number of benzene rings is 3. The summed E-state index contributed by atoms with van der Waals surface area (Å²) >= 11 is 0. The molecule has 6 nitrogen and oxygen atoms in total. The number of hydrogen-bond acceptors (Lipinski definition) is 4. The summed E-state index contributed by atoms with van der Waals surface area (Å²) in [4.78, 5) is 19.7. The van der Waals surface area contributed by atoms with E-state index in [-0.39, 0.29) is 12.1 Å². The zero-order valence-corrected chi connectivity index (χ0v) is 19.9. The van der Waals surface area contributed by atoms with Crippen LogP contribution in [0.25, 0.3) is 17.0 Å². The molecule has 1 unspecified atom stereocenters. The van der Waals surface area contributed by atoms with Gasteiger partial charge in [0, 0.05) is 17.8 Å². The fraction of sp³-hybridized carbons (Fsp3) is 0.207. The molecular formula is C29H28N4O2. The van der Waals surface area contributed by atoms with Crippen LogP contribution in [0, 0.1) is 6.92 Å². The molecule has 1 aliphatic heterocycles. The minimum absolute atomic E-state index is 0.119. The molecule has 35 heavy (non-hydrogen) atoms. The van der Waals surface area contributed by atoms with E-state index < -0.39 is 0 Å². The number of allylic oxidation sites excluding steroid dienone is 1. The lowest BCUT2D eigenvalue weighted by Crippen LogP contribution is -2.46. The highest BCUT2D eigenvalue weighted by Crippen LogP contribution is 2.37. The number of nitrogens with one attached hydrogen (secondary N) is 1. The van der Waals surface area contributed by atoms with Gasteiger partial charge in [-0.2, -0.15) is 4.98 Å². The summed E-state index contributed by atoms with van der Waals surface area (Å²) in [5, 5.41) is 7.43. The fourth-order valence-corrected chi connectivity index (χ4v) is 4.54. The molecule has 3 aromatic carbocycles. The van der Waals surface area contributed by atoms with Gasteiger partial charge < -0.3 is 9.84 Å². The maximum Gasteiger partial charge on any atom is 0.322 e. The summed E-state index contributed by atoms with van der Waals surface area (Å²) in [6, 6.07) is 27.7. The monoisotopic (exact) mass is 464 g/mol. The second-order valence-electron chi connectivity index (χ2n) is 8.83. The maximum atomic E-state index is 13.2. The van der Waals surface area contributed by atoms with Gasteiger partial charge in [0.05, 0.1) is 11.6 Å². The maximum absolute atomic E-state index is 13.2. The first-order valence-electron chi connectivity index (χ1n) is 11.9. The van der Waals surface area contributed by atoms with Crippen LogP contribution < -0.4 is 5.32 Å². The molecule has 1 atom stereocenters. The van der Waals surface area contributed by atoms with E-state index in [1.165, 1.54) is 5.56 Å². The van der Waals surface area contributed by atoms with Crippen LogP contribution in [-0.4, -0.2) is 27.6 Å². The number of rotatable bonds is 7. The standard InChI is InChI=1S/C29H28N4O2/c1-20-11-9-17-24(19-20)27-31-28(35-32-27)25-21(2)33(18-10-14-22-12-5-3-6-13-22)29(34)30-26(25)23-15-7-4-8-16-23/h3-9,11-13,15-17,19,26H,10,14,18H2,1-2H3,(H,30,34). The Kier molecular flexibility index (Phi) is 6.44. The molecule has 1 N–H and O–H groups in total. The Morgan fingerprint density at radius 1 is 0.943 bits per heavy atom. The van der Waals surface area contributed by atoms with Crippen molar-refractivity contribution >= 4 is 11.6 Å². The average Bonchev–Trinajstić information content (AvgIpc) is 3.37. The fourth-order valence-electron chi connectivity index (χ4n) is 4.54. The van der Waals surface area contributed by atoms with E-state index in [9.17, 15) is 4.79 Å². The first-order chi connectivity index (χ1) is 17.1. The number of aryl methyl sites for hydroxylation is 2. The topological polar surface area (TPSA) is 71.3 Å². The van der Waals surface area contributed by atoms with Gasteiger partial charge in [0.2, 0.25) is 5.82 Å². The first kappa shape index (κ1) is 22.6. The van der Waals surface area contributed by atoms with E-state index in [4.69, 9.17) is 9.51 Å². The molecule has 0 radical (unpaired) electrons. The van der Waals surface area contributed by atoms with Gasteiger partial charge in [-0.1, -0.05) is 89.6 Å². The van der Waals surface area contributed by atoms with E-state index in [2.05, 4.69) is 22.6 Å². The van der Waals surface area contributed by atoms with Crippen molar-refractivity contribution in [2.24, 2.45) is 0 Å². The third kappa shape index (κ3) is 4.87. The number of nitrogens with zero attached hydrogens (tertiary/aromatic N) is 3. The van der Waals surface area contributed by atoms with Gasteiger partial charge in [0.15, 0.2) is 0 Å². The normalized spacial score (nSPS) is 15.9. The Morgan fingerprint density at radius 3 is 2.43 bits per heavy atom. The number of urea groups is 1. The van der Waals surface area contributed by atoms with Crippen molar-refractivity contribution in [2.75, 3.05) is 6.54 Å². The van der Waals surface area contributed by atoms with E-state index in [0.29, 0.717) is 18.3 Å². The molecule has 6 heteroatoms. The van der Waals surface area contributed by atoms with Crippen molar-refractivity contribution < 1.29 is 9.32 Å². The molecule has 2 heterocycles. The number of hydrogen-bond donors (Lipinski definition) is 1. The molecule has 0 saturated heterocycles. The van der Waals surface area contributed by atoms with Gasteiger partial charge in [-0.3, -0.25) is 4.90 Å². The minimum Gasteiger partial charge on any atom is -0.334 e. The molecule has 1 aliphatic rings. The van der Waals surface area contributed by atoms with Crippen molar-refractivity contribution in [3.05, 3.63) is 113 Å². The van der Waals surface area contributed by atoms with Crippen LogP contribution in [0.15, 0.2) is 95.1 Å². The van der Waals surface area contributed by atoms with E-state index >= 15 is 0 Å². The Bertz CT molecular complexity index is 1350. The molecule has 0 fully saturated rings. The van der Waals surface area contributed by atoms with Crippen LogP contribution in [0.2, 0.25) is 0 Å². The van der Waals surface area contributed by atoms with E-state index in [1.54, 1.807) is 4.90 Å². The summed E-state index contributed by atoms with van der Waals surface area (Å²) in [6.45, 7) is 4.59. The number of amides is 2. The zero-order valence-electron chi connectivity index (χ0n) is 19.9. The predicted octanol–water partition coefficient (Wildman–Crippen LogP) is 6.18. The second-order valence-corrected chi connectivity index (χ2v) is 8.83. The quantitative estimate of drug-likeness (QED) is 0.355. The van der Waals surface area contributed by atoms with Crippen molar-refractivity contribution in [1.29, 1.82) is 0 Å². The highest BCUT2D eigenvalue weighted by molar-refractivity contribution is 5.86. The van der Waals surface area contributed by atoms with Crippen LogP contribution in [0.3, 0.4) is 0 Å². The summed E-state index contributed by atoms with van der Waals surface area (Å²) in [6.07, 6.45) is 1.74. The van der Waals surface area contributed by atoms with Gasteiger partial charge in [-0.05, 0) is 43.9 Å². The summed E-state index contributed by atoms with van der Waals surface area (Å²) in [5.41, 5.74) is 5.90. The van der Waals surface area contributed by atoms with Crippen molar-refractivity contribution in [2.45, 2.75) is 32.7 Å². The second kappa shape index (κ2) is 9.97. The van der Waals surface area contributed by atoms with E-state index in [1.807, 2.05) is 86.6 Å². The van der Waals surface area contributed by atoms with Gasteiger partial charge in [-0.25, -0.2) is 4.79 Å². The Hall–Kier alpha value is -4.19. The molecular weight excluding hydrogens is 436 g/mol. The molecule has 0 spiro atoms. The third-order valence-electron chi connectivity index (χ3n) is 6.35. The number of aromatic nitrogens is 2. The molecule has 2 amide bonds. The summed E-state index contributed by atoms with van der Waals surface area (Å²) in [7, 11) is 0. The van der Waals surface area contributed by atoms with Crippen molar-refractivity contribution in [3.8, 4) is 11.4 Å². The predicted molar refractivity (Wildman–Crippen MR) is 136 cm³/mol. The van der Waals surface area contributed by atoms with Crippen molar-refractivity contribution in [1.82, 2.24) is 20.4 Å². The number of carbonyl (C=O) groups excluding carboxylic acids is 1. The van der Waals surface area contributed by atoms with Crippen LogP contribution in [0.4, 0.5) is 4.79 Å². The Balaban J connectivity index is 1.49. The SMILES string of the molecule is CC1=C(c2nc(-c3cccc(C)c3)no2)C(c2ccccc2)NC(=O)N1CCCc1ccccc1. The molecule has 4 aromatic rings. The van der Waals surface area contributed by atoms with Crippen LogP contribution >= 0.6 is 0 Å². The third-order valence-corrected chi connectivity index (χ3v) is 6.35. The molecule has 0 aliphatic carbocycles. The Morgan fingerprint density at radius 2 is 1.69 bits per heavy atom. The molecule has 5 rings (SSSR count). The average molecular weight is 465 g/mol. The van der Waals surface area contributed by atoms with Gasteiger partial charge in [0.1, 0.15) is 0 Å². The highest BCUT2D eigenvalue weighted by atomic mass is 16.5. The molecule has 1 aromatic heterocycles. The van der Waals surface area contributed by atoms with Gasteiger partial charge in [0.25, 0.3) is 5.89 Å². The summed E-state index contributed by atoms with van der Waals surface area (Å²) < 4.78 is 5.78. The molecule has 0 bridgehead atoms. The minimum atomic E-state index is -0.375. The van der Waals surface area contributed by atoms with Crippen molar-refractivity contribution in [3.63, 3.8) is 0 Å². The first-order valence-corrected chi connectivity index (χ1v) is 11.9. The Labute approximate surface area is 205 Å². The van der Waals surface area contributed by atoms with Gasteiger partial charge in [-0.15, -0.1) is 0 Å². The number of carbonyl (C=O) groups is 1. The highest BCUT2D eigenvalue weighted by Gasteiger charge is 2.35. The molecule has 176 valence electrons.